The van der Waals surface area contributed by atoms with Gasteiger partial charge in [-0.2, -0.15) is 5.10 Å². The minimum Gasteiger partial charge on any atom is -0.379 e. The summed E-state index contributed by atoms with van der Waals surface area (Å²) in [7, 11) is 0. The number of hydrogen-bond acceptors (Lipinski definition) is 2. The average Bonchev–Trinajstić information content (AvgIpc) is 3.03. The lowest BCUT2D eigenvalue weighted by Crippen LogP contribution is -2.13. The van der Waals surface area contributed by atoms with E-state index in [0.717, 1.165) is 23.5 Å². The summed E-state index contributed by atoms with van der Waals surface area (Å²) in [6.45, 7) is 0.764. The van der Waals surface area contributed by atoms with Crippen molar-refractivity contribution in [3.8, 4) is 0 Å². The van der Waals surface area contributed by atoms with E-state index in [2.05, 4.69) is 46.5 Å². The molecule has 1 N–H and O–H groups in total. The molecule has 4 heteroatoms. The molecule has 3 nitrogen and oxygen atoms in total. The summed E-state index contributed by atoms with van der Waals surface area (Å²) in [6.07, 6.45) is 8.73. The first-order chi connectivity index (χ1) is 10.3. The Labute approximate surface area is 131 Å². The predicted octanol–water partition coefficient (Wildman–Crippen LogP) is 4.74. The van der Waals surface area contributed by atoms with Gasteiger partial charge < -0.3 is 5.32 Å². The molecule has 0 radical (unpaired) electrons. The van der Waals surface area contributed by atoms with Crippen LogP contribution in [-0.2, 0) is 12.4 Å². The van der Waals surface area contributed by atoms with E-state index in [1.54, 1.807) is 0 Å². The smallest absolute Gasteiger partial charge is 0.0815 e. The Kier molecular flexibility index (Phi) is 4.81. The molecule has 1 heterocycles. The standard InChI is InChI=1S/C17H22ClN3/c18-12-14-6-8-15(9-7-14)19-13-16-10-11-21(20-16)17-4-2-1-3-5-17/h6-11,17,19H,1-5,12-13H2. The van der Waals surface area contributed by atoms with E-state index in [1.807, 2.05) is 0 Å². The van der Waals surface area contributed by atoms with Gasteiger partial charge in [0.1, 0.15) is 0 Å². The van der Waals surface area contributed by atoms with Crippen LogP contribution in [0.3, 0.4) is 0 Å². The second-order valence-corrected chi connectivity index (χ2v) is 6.03. The minimum atomic E-state index is 0.562. The summed E-state index contributed by atoms with van der Waals surface area (Å²) >= 11 is 5.80. The zero-order valence-corrected chi connectivity index (χ0v) is 13.0. The van der Waals surface area contributed by atoms with E-state index >= 15 is 0 Å². The predicted molar refractivity (Wildman–Crippen MR) is 87.7 cm³/mol. The third-order valence-corrected chi connectivity index (χ3v) is 4.50. The van der Waals surface area contributed by atoms with E-state index < -0.39 is 0 Å². The van der Waals surface area contributed by atoms with Gasteiger partial charge in [-0.05, 0) is 36.6 Å². The van der Waals surface area contributed by atoms with Gasteiger partial charge in [0.15, 0.2) is 0 Å². The minimum absolute atomic E-state index is 0.562. The van der Waals surface area contributed by atoms with Crippen LogP contribution >= 0.6 is 11.6 Å². The molecule has 1 aliphatic rings. The van der Waals surface area contributed by atoms with Gasteiger partial charge in [-0.1, -0.05) is 31.4 Å². The first-order valence-electron chi connectivity index (χ1n) is 7.78. The molecular formula is C17H22ClN3. The Bertz CT molecular complexity index is 556. The highest BCUT2D eigenvalue weighted by Gasteiger charge is 2.15. The second kappa shape index (κ2) is 6.99. The fourth-order valence-corrected chi connectivity index (χ4v) is 3.10. The Balaban J connectivity index is 1.56. The topological polar surface area (TPSA) is 29.9 Å². The SMILES string of the molecule is ClCc1ccc(NCc2ccn(C3CCCCC3)n2)cc1. The lowest BCUT2D eigenvalue weighted by Gasteiger charge is -2.21. The van der Waals surface area contributed by atoms with Crippen LogP contribution in [0.1, 0.15) is 49.4 Å². The van der Waals surface area contributed by atoms with Gasteiger partial charge in [-0.3, -0.25) is 4.68 Å². The van der Waals surface area contributed by atoms with Crippen LogP contribution in [0.5, 0.6) is 0 Å². The molecule has 0 bridgehead atoms. The van der Waals surface area contributed by atoms with Crippen LogP contribution in [0.4, 0.5) is 5.69 Å². The largest absolute Gasteiger partial charge is 0.379 e. The lowest BCUT2D eigenvalue weighted by atomic mass is 9.96. The van der Waals surface area contributed by atoms with Crippen molar-refractivity contribution in [1.29, 1.82) is 0 Å². The van der Waals surface area contributed by atoms with E-state index in [1.165, 1.54) is 32.1 Å². The number of aromatic nitrogens is 2. The highest BCUT2D eigenvalue weighted by molar-refractivity contribution is 6.17. The number of nitrogens with one attached hydrogen (secondary N) is 1. The van der Waals surface area contributed by atoms with Crippen LogP contribution < -0.4 is 5.32 Å². The van der Waals surface area contributed by atoms with Gasteiger partial charge in [0, 0.05) is 17.8 Å². The molecule has 21 heavy (non-hydrogen) atoms. The Morgan fingerprint density at radius 1 is 1.10 bits per heavy atom. The van der Waals surface area contributed by atoms with Gasteiger partial charge in [0.05, 0.1) is 18.3 Å². The van der Waals surface area contributed by atoms with Crippen LogP contribution in [0.15, 0.2) is 36.5 Å². The number of alkyl halides is 1. The highest BCUT2D eigenvalue weighted by atomic mass is 35.5. The third kappa shape index (κ3) is 3.79. The Morgan fingerprint density at radius 2 is 1.86 bits per heavy atom. The van der Waals surface area contributed by atoms with E-state index in [4.69, 9.17) is 16.7 Å². The molecule has 0 saturated heterocycles. The molecule has 1 saturated carbocycles. The number of rotatable bonds is 5. The molecule has 3 rings (SSSR count). The van der Waals surface area contributed by atoms with Crippen molar-refractivity contribution in [2.24, 2.45) is 0 Å². The molecule has 0 atom stereocenters. The maximum atomic E-state index is 5.80. The molecule has 1 aromatic carbocycles. The number of hydrogen-bond donors (Lipinski definition) is 1. The Morgan fingerprint density at radius 3 is 2.57 bits per heavy atom. The van der Waals surface area contributed by atoms with Crippen molar-refractivity contribution < 1.29 is 0 Å². The van der Waals surface area contributed by atoms with Crippen LogP contribution in [-0.4, -0.2) is 9.78 Å². The maximum absolute atomic E-state index is 5.80. The number of halogens is 1. The normalized spacial score (nSPS) is 16.0. The molecule has 1 aliphatic carbocycles. The van der Waals surface area contributed by atoms with Gasteiger partial charge in [0.25, 0.3) is 0 Å². The monoisotopic (exact) mass is 303 g/mol. The lowest BCUT2D eigenvalue weighted by molar-refractivity contribution is 0.328. The second-order valence-electron chi connectivity index (χ2n) is 5.76. The zero-order chi connectivity index (χ0) is 14.5. The van der Waals surface area contributed by atoms with Crippen LogP contribution in [0.25, 0.3) is 0 Å². The van der Waals surface area contributed by atoms with Gasteiger partial charge in [-0.15, -0.1) is 11.6 Å². The molecule has 0 unspecified atom stereocenters. The average molecular weight is 304 g/mol. The van der Waals surface area contributed by atoms with Gasteiger partial charge >= 0.3 is 0 Å². The Hall–Kier alpha value is -1.48. The summed E-state index contributed by atoms with van der Waals surface area (Å²) < 4.78 is 2.16. The van der Waals surface area contributed by atoms with Crippen molar-refractivity contribution in [3.63, 3.8) is 0 Å². The molecular weight excluding hydrogens is 282 g/mol. The van der Waals surface area contributed by atoms with Crippen molar-refractivity contribution in [3.05, 3.63) is 47.8 Å². The van der Waals surface area contributed by atoms with E-state index in [0.29, 0.717) is 11.9 Å². The van der Waals surface area contributed by atoms with Gasteiger partial charge in [0.2, 0.25) is 0 Å². The van der Waals surface area contributed by atoms with E-state index in [9.17, 15) is 0 Å². The molecule has 0 amide bonds. The number of anilines is 1. The van der Waals surface area contributed by atoms with Crippen molar-refractivity contribution in [2.45, 2.75) is 50.6 Å². The summed E-state index contributed by atoms with van der Waals surface area (Å²) in [4.78, 5) is 0. The van der Waals surface area contributed by atoms with E-state index in [-0.39, 0.29) is 0 Å². The molecule has 2 aromatic rings. The summed E-state index contributed by atoms with van der Waals surface area (Å²) in [6, 6.07) is 11.0. The van der Waals surface area contributed by atoms with Crippen LogP contribution in [0.2, 0.25) is 0 Å². The maximum Gasteiger partial charge on any atom is 0.0815 e. The number of nitrogens with zero attached hydrogens (tertiary/aromatic N) is 2. The number of benzene rings is 1. The van der Waals surface area contributed by atoms with Crippen molar-refractivity contribution in [2.75, 3.05) is 5.32 Å². The van der Waals surface area contributed by atoms with Crippen LogP contribution in [0, 0.1) is 0 Å². The third-order valence-electron chi connectivity index (χ3n) is 4.19. The quantitative estimate of drug-likeness (QED) is 0.809. The fourth-order valence-electron chi connectivity index (χ4n) is 2.92. The first kappa shape index (κ1) is 14.5. The highest BCUT2D eigenvalue weighted by Crippen LogP contribution is 2.27. The molecule has 0 spiro atoms. The molecule has 1 fully saturated rings. The van der Waals surface area contributed by atoms with Gasteiger partial charge in [-0.25, -0.2) is 0 Å². The zero-order valence-electron chi connectivity index (χ0n) is 12.3. The molecule has 0 aliphatic heterocycles. The van der Waals surface area contributed by atoms with Crippen molar-refractivity contribution >= 4 is 17.3 Å². The summed E-state index contributed by atoms with van der Waals surface area (Å²) in [5.41, 5.74) is 3.35. The first-order valence-corrected chi connectivity index (χ1v) is 8.31. The molecule has 1 aromatic heterocycles. The molecule has 112 valence electrons. The summed E-state index contributed by atoms with van der Waals surface area (Å²) in [5.74, 6) is 0.562. The fraction of sp³-hybridized carbons (Fsp3) is 0.471. The van der Waals surface area contributed by atoms with Crippen molar-refractivity contribution in [1.82, 2.24) is 9.78 Å². The summed E-state index contributed by atoms with van der Waals surface area (Å²) in [5, 5.41) is 8.13.